The Balaban J connectivity index is 2.43. The fraction of sp³-hybridized carbons (Fsp3) is 0.333. The van der Waals surface area contributed by atoms with Gasteiger partial charge in [-0.2, -0.15) is 5.26 Å². The van der Waals surface area contributed by atoms with Gasteiger partial charge in [0.2, 0.25) is 0 Å². The van der Waals surface area contributed by atoms with Crippen LogP contribution in [-0.2, 0) is 6.54 Å². The smallest absolute Gasteiger partial charge is 0.258 e. The first kappa shape index (κ1) is 13.3. The highest BCUT2D eigenvalue weighted by atomic mass is 16.1. The fourth-order valence-electron chi connectivity index (χ4n) is 2.16. The van der Waals surface area contributed by atoms with Crippen molar-refractivity contribution < 1.29 is 0 Å². The normalized spacial score (nSPS) is 10.8. The van der Waals surface area contributed by atoms with Gasteiger partial charge in [-0.25, -0.2) is 0 Å². The molecule has 0 spiro atoms. The first-order valence-electron chi connectivity index (χ1n) is 6.30. The summed E-state index contributed by atoms with van der Waals surface area (Å²) >= 11 is 0. The molecule has 0 bridgehead atoms. The van der Waals surface area contributed by atoms with Crippen LogP contribution in [0.4, 0.5) is 0 Å². The van der Waals surface area contributed by atoms with Crippen molar-refractivity contribution in [2.45, 2.75) is 13.0 Å². The molecular formula is C15H17N3O. The third-order valence-electron chi connectivity index (χ3n) is 3.12. The summed E-state index contributed by atoms with van der Waals surface area (Å²) in [5.74, 6) is 0. The van der Waals surface area contributed by atoms with Crippen molar-refractivity contribution >= 4 is 10.8 Å². The minimum Gasteiger partial charge on any atom is -0.314 e. The van der Waals surface area contributed by atoms with E-state index in [2.05, 4.69) is 11.0 Å². The Kier molecular flexibility index (Phi) is 3.98. The predicted molar refractivity (Wildman–Crippen MR) is 76.1 cm³/mol. The standard InChI is InChI=1S/C15H17N3O/c1-17(2)8-5-9-18-11-12(10-16)13-6-3-4-7-14(13)15(18)19/h3-4,6-7,11H,5,8-9H2,1-2H3. The summed E-state index contributed by atoms with van der Waals surface area (Å²) in [6.45, 7) is 1.55. The lowest BCUT2D eigenvalue weighted by atomic mass is 10.1. The lowest BCUT2D eigenvalue weighted by Gasteiger charge is -2.11. The fourth-order valence-corrected chi connectivity index (χ4v) is 2.16. The predicted octanol–water partition coefficient (Wildman–Crippen LogP) is 1.82. The van der Waals surface area contributed by atoms with Crippen molar-refractivity contribution in [2.75, 3.05) is 20.6 Å². The molecule has 1 aromatic carbocycles. The second kappa shape index (κ2) is 5.68. The van der Waals surface area contributed by atoms with E-state index in [1.165, 1.54) is 0 Å². The molecule has 98 valence electrons. The van der Waals surface area contributed by atoms with Gasteiger partial charge in [0.05, 0.1) is 5.56 Å². The number of hydrogen-bond acceptors (Lipinski definition) is 3. The van der Waals surface area contributed by atoms with Gasteiger partial charge in [-0.1, -0.05) is 18.2 Å². The maximum atomic E-state index is 12.3. The summed E-state index contributed by atoms with van der Waals surface area (Å²) in [6, 6.07) is 9.44. The van der Waals surface area contributed by atoms with Gasteiger partial charge < -0.3 is 9.47 Å². The summed E-state index contributed by atoms with van der Waals surface area (Å²) in [7, 11) is 4.01. The van der Waals surface area contributed by atoms with Crippen molar-refractivity contribution in [1.29, 1.82) is 5.26 Å². The van der Waals surface area contributed by atoms with E-state index in [-0.39, 0.29) is 5.56 Å². The second-order valence-corrected chi connectivity index (χ2v) is 4.86. The molecule has 0 N–H and O–H groups in total. The lowest BCUT2D eigenvalue weighted by Crippen LogP contribution is -2.23. The van der Waals surface area contributed by atoms with Crippen LogP contribution in [-0.4, -0.2) is 30.1 Å². The highest BCUT2D eigenvalue weighted by Crippen LogP contribution is 2.14. The molecule has 4 heteroatoms. The van der Waals surface area contributed by atoms with Gasteiger partial charge in [-0.15, -0.1) is 0 Å². The molecule has 0 saturated heterocycles. The van der Waals surface area contributed by atoms with Gasteiger partial charge >= 0.3 is 0 Å². The van der Waals surface area contributed by atoms with E-state index >= 15 is 0 Å². The Labute approximate surface area is 112 Å². The first-order valence-corrected chi connectivity index (χ1v) is 6.30. The summed E-state index contributed by atoms with van der Waals surface area (Å²) in [6.07, 6.45) is 2.55. The molecule has 2 rings (SSSR count). The molecule has 19 heavy (non-hydrogen) atoms. The SMILES string of the molecule is CN(C)CCCn1cc(C#N)c2ccccc2c1=O. The van der Waals surface area contributed by atoms with E-state index in [0.717, 1.165) is 18.4 Å². The van der Waals surface area contributed by atoms with Gasteiger partial charge in [-0.05, 0) is 33.1 Å². The van der Waals surface area contributed by atoms with Crippen LogP contribution in [0.5, 0.6) is 0 Å². The number of nitriles is 1. The van der Waals surface area contributed by atoms with Crippen LogP contribution in [0.3, 0.4) is 0 Å². The number of rotatable bonds is 4. The molecule has 0 unspecified atom stereocenters. The summed E-state index contributed by atoms with van der Waals surface area (Å²) in [5, 5.41) is 10.5. The minimum absolute atomic E-state index is 0.0200. The van der Waals surface area contributed by atoms with Gasteiger partial charge in [-0.3, -0.25) is 4.79 Å². The molecule has 2 aromatic rings. The number of benzene rings is 1. The van der Waals surface area contributed by atoms with Crippen LogP contribution < -0.4 is 5.56 Å². The summed E-state index contributed by atoms with van der Waals surface area (Å²) in [4.78, 5) is 14.4. The summed E-state index contributed by atoms with van der Waals surface area (Å²) < 4.78 is 1.64. The first-order chi connectivity index (χ1) is 9.13. The van der Waals surface area contributed by atoms with Crippen molar-refractivity contribution in [3.63, 3.8) is 0 Å². The molecule has 0 aliphatic carbocycles. The van der Waals surface area contributed by atoms with Crippen LogP contribution in [0.1, 0.15) is 12.0 Å². The van der Waals surface area contributed by atoms with E-state index < -0.39 is 0 Å². The topological polar surface area (TPSA) is 49.0 Å². The van der Waals surface area contributed by atoms with Gasteiger partial charge in [0.25, 0.3) is 5.56 Å². The Hall–Kier alpha value is -2.12. The average molecular weight is 255 g/mol. The Morgan fingerprint density at radius 3 is 2.58 bits per heavy atom. The number of aryl methyl sites for hydroxylation is 1. The van der Waals surface area contributed by atoms with Crippen LogP contribution in [0.25, 0.3) is 10.8 Å². The van der Waals surface area contributed by atoms with Crippen LogP contribution in [0.2, 0.25) is 0 Å². The van der Waals surface area contributed by atoms with Crippen LogP contribution in [0, 0.1) is 11.3 Å². The quantitative estimate of drug-likeness (QED) is 0.837. The lowest BCUT2D eigenvalue weighted by molar-refractivity contribution is 0.385. The van der Waals surface area contributed by atoms with Crippen molar-refractivity contribution in [3.8, 4) is 6.07 Å². The van der Waals surface area contributed by atoms with Crippen molar-refractivity contribution in [1.82, 2.24) is 9.47 Å². The Bertz CT molecular complexity index is 680. The van der Waals surface area contributed by atoms with E-state index in [9.17, 15) is 10.1 Å². The molecule has 0 aliphatic rings. The van der Waals surface area contributed by atoms with Crippen LogP contribution >= 0.6 is 0 Å². The van der Waals surface area contributed by atoms with Gasteiger partial charge in [0, 0.05) is 23.5 Å². The number of aromatic nitrogens is 1. The van der Waals surface area contributed by atoms with E-state index in [4.69, 9.17) is 0 Å². The largest absolute Gasteiger partial charge is 0.314 e. The third-order valence-corrected chi connectivity index (χ3v) is 3.12. The Morgan fingerprint density at radius 1 is 1.26 bits per heavy atom. The van der Waals surface area contributed by atoms with E-state index in [1.807, 2.05) is 32.3 Å². The molecule has 4 nitrogen and oxygen atoms in total. The third kappa shape index (κ3) is 2.83. The minimum atomic E-state index is -0.0200. The second-order valence-electron chi connectivity index (χ2n) is 4.86. The number of nitrogens with zero attached hydrogens (tertiary/aromatic N) is 3. The average Bonchev–Trinajstić information content (AvgIpc) is 2.41. The molecule has 0 atom stereocenters. The molecule has 0 saturated carbocycles. The molecule has 0 aliphatic heterocycles. The van der Waals surface area contributed by atoms with Crippen molar-refractivity contribution in [2.24, 2.45) is 0 Å². The van der Waals surface area contributed by atoms with E-state index in [0.29, 0.717) is 17.5 Å². The zero-order valence-electron chi connectivity index (χ0n) is 11.3. The maximum absolute atomic E-state index is 12.3. The molecular weight excluding hydrogens is 238 g/mol. The molecule has 0 fully saturated rings. The van der Waals surface area contributed by atoms with E-state index in [1.54, 1.807) is 16.8 Å². The maximum Gasteiger partial charge on any atom is 0.258 e. The number of fused-ring (bicyclic) bond motifs is 1. The molecule has 0 amide bonds. The highest BCUT2D eigenvalue weighted by Gasteiger charge is 2.07. The molecule has 1 aromatic heterocycles. The molecule has 1 heterocycles. The zero-order valence-corrected chi connectivity index (χ0v) is 11.3. The van der Waals surface area contributed by atoms with Gasteiger partial charge in [0.1, 0.15) is 6.07 Å². The summed E-state index contributed by atoms with van der Waals surface area (Å²) in [5.41, 5.74) is 0.536. The monoisotopic (exact) mass is 255 g/mol. The Morgan fingerprint density at radius 2 is 1.95 bits per heavy atom. The highest BCUT2D eigenvalue weighted by molar-refractivity contribution is 5.86. The van der Waals surface area contributed by atoms with Gasteiger partial charge in [0.15, 0.2) is 0 Å². The van der Waals surface area contributed by atoms with Crippen LogP contribution in [0.15, 0.2) is 35.3 Å². The molecule has 0 radical (unpaired) electrons. The number of pyridine rings is 1. The zero-order chi connectivity index (χ0) is 13.8. The number of hydrogen-bond donors (Lipinski definition) is 0. The van der Waals surface area contributed by atoms with Crippen molar-refractivity contribution in [3.05, 3.63) is 46.4 Å².